The summed E-state index contributed by atoms with van der Waals surface area (Å²) in [5, 5.41) is 4.11. The number of nitrogens with zero attached hydrogens (tertiary/aromatic N) is 2. The summed E-state index contributed by atoms with van der Waals surface area (Å²) in [5.41, 5.74) is 0.401. The van der Waals surface area contributed by atoms with Gasteiger partial charge in [-0.25, -0.2) is 9.78 Å². The van der Waals surface area contributed by atoms with Crippen LogP contribution in [0.25, 0.3) is 0 Å². The molecule has 1 N–H and O–H groups in total. The highest BCUT2D eigenvalue weighted by atomic mass is 32.1. The van der Waals surface area contributed by atoms with E-state index in [1.807, 2.05) is 6.92 Å². The summed E-state index contributed by atoms with van der Waals surface area (Å²) in [6, 6.07) is 0.268. The van der Waals surface area contributed by atoms with Gasteiger partial charge < -0.3 is 14.8 Å². The van der Waals surface area contributed by atoms with Crippen LogP contribution in [0.1, 0.15) is 22.3 Å². The number of nitrogens with one attached hydrogen (secondary N) is 1. The second-order valence-corrected chi connectivity index (χ2v) is 6.08. The van der Waals surface area contributed by atoms with Crippen molar-refractivity contribution in [2.75, 3.05) is 45.3 Å². The molecule has 0 saturated carbocycles. The third kappa shape index (κ3) is 3.91. The van der Waals surface area contributed by atoms with Gasteiger partial charge >= 0.3 is 5.97 Å². The van der Waals surface area contributed by atoms with Crippen LogP contribution in [0, 0.1) is 6.92 Å². The zero-order valence-corrected chi connectivity index (χ0v) is 13.0. The lowest BCUT2D eigenvalue weighted by Gasteiger charge is -2.29. The third-order valence-electron chi connectivity index (χ3n) is 3.18. The van der Waals surface area contributed by atoms with Crippen LogP contribution >= 0.6 is 11.3 Å². The van der Waals surface area contributed by atoms with E-state index in [0.717, 1.165) is 42.9 Å². The van der Waals surface area contributed by atoms with Crippen molar-refractivity contribution in [3.05, 3.63) is 10.6 Å². The highest BCUT2D eigenvalue weighted by Crippen LogP contribution is 2.23. The molecule has 7 heteroatoms. The summed E-state index contributed by atoms with van der Waals surface area (Å²) >= 11 is 1.48. The van der Waals surface area contributed by atoms with Crippen molar-refractivity contribution in [2.45, 2.75) is 19.9 Å². The van der Waals surface area contributed by atoms with Gasteiger partial charge in [0, 0.05) is 30.6 Å². The van der Waals surface area contributed by atoms with Gasteiger partial charge in [-0.3, -0.25) is 4.90 Å². The topological polar surface area (TPSA) is 63.7 Å². The number of hydrogen-bond donors (Lipinski definition) is 1. The van der Waals surface area contributed by atoms with Crippen molar-refractivity contribution in [1.29, 1.82) is 0 Å². The number of carbonyl (C=O) groups is 1. The molecule has 112 valence electrons. The van der Waals surface area contributed by atoms with Crippen LogP contribution in [0.15, 0.2) is 0 Å². The Morgan fingerprint density at radius 1 is 1.55 bits per heavy atom. The number of hydrogen-bond acceptors (Lipinski definition) is 7. The molecule has 1 fully saturated rings. The van der Waals surface area contributed by atoms with Crippen LogP contribution in [-0.4, -0.2) is 61.9 Å². The van der Waals surface area contributed by atoms with Gasteiger partial charge in [0.15, 0.2) is 10.8 Å². The van der Waals surface area contributed by atoms with Gasteiger partial charge in [-0.2, -0.15) is 0 Å². The van der Waals surface area contributed by atoms with Crippen molar-refractivity contribution in [3.63, 3.8) is 0 Å². The molecule has 0 radical (unpaired) electrons. The molecule has 1 aliphatic heterocycles. The van der Waals surface area contributed by atoms with E-state index in [4.69, 9.17) is 9.47 Å². The predicted molar refractivity (Wildman–Crippen MR) is 78.5 cm³/mol. The zero-order chi connectivity index (χ0) is 14.5. The van der Waals surface area contributed by atoms with E-state index in [9.17, 15) is 4.79 Å². The number of anilines is 1. The number of methoxy groups -OCH3 is 1. The summed E-state index contributed by atoms with van der Waals surface area (Å²) in [7, 11) is 1.37. The van der Waals surface area contributed by atoms with Crippen molar-refractivity contribution in [3.8, 4) is 0 Å². The smallest absolute Gasteiger partial charge is 0.357 e. The van der Waals surface area contributed by atoms with Crippen LogP contribution in [0.5, 0.6) is 0 Å². The molecular weight excluding hydrogens is 278 g/mol. The zero-order valence-electron chi connectivity index (χ0n) is 12.1. The Morgan fingerprint density at radius 2 is 2.25 bits per heavy atom. The molecular formula is C13H21N3O3S. The first kappa shape index (κ1) is 15.2. The number of carbonyl (C=O) groups excluding carboxylic acids is 1. The molecule has 1 saturated heterocycles. The fourth-order valence-corrected chi connectivity index (χ4v) is 3.08. The molecule has 1 aromatic rings. The number of aromatic nitrogens is 1. The normalized spacial score (nSPS) is 17.8. The first-order valence-corrected chi connectivity index (χ1v) is 7.54. The maximum atomic E-state index is 11.5. The number of rotatable bonds is 5. The molecule has 2 heterocycles. The minimum absolute atomic E-state index is 0.268. The molecule has 1 atom stereocenters. The summed E-state index contributed by atoms with van der Waals surface area (Å²) in [4.78, 5) is 19.1. The van der Waals surface area contributed by atoms with Crippen molar-refractivity contribution in [1.82, 2.24) is 9.88 Å². The first-order chi connectivity index (χ1) is 9.60. The second kappa shape index (κ2) is 7.01. The lowest BCUT2D eigenvalue weighted by atomic mass is 10.3. The molecule has 1 unspecified atom stereocenters. The van der Waals surface area contributed by atoms with Crippen molar-refractivity contribution < 1.29 is 14.3 Å². The van der Waals surface area contributed by atoms with Gasteiger partial charge in [0.2, 0.25) is 0 Å². The van der Waals surface area contributed by atoms with Crippen LogP contribution in [0.2, 0.25) is 0 Å². The molecule has 0 aliphatic carbocycles. The quantitative estimate of drug-likeness (QED) is 0.829. The largest absolute Gasteiger partial charge is 0.464 e. The van der Waals surface area contributed by atoms with E-state index >= 15 is 0 Å². The minimum atomic E-state index is -0.382. The molecule has 0 amide bonds. The maximum Gasteiger partial charge on any atom is 0.357 e. The Morgan fingerprint density at radius 3 is 2.90 bits per heavy atom. The maximum absolute atomic E-state index is 11.5. The summed E-state index contributed by atoms with van der Waals surface area (Å²) in [5.74, 6) is -0.382. The van der Waals surface area contributed by atoms with Crippen molar-refractivity contribution >= 4 is 22.4 Å². The third-order valence-corrected chi connectivity index (χ3v) is 4.08. The number of aryl methyl sites for hydroxylation is 1. The Hall–Kier alpha value is -1.18. The molecule has 2 rings (SSSR count). The van der Waals surface area contributed by atoms with Gasteiger partial charge in [-0.15, -0.1) is 11.3 Å². The molecule has 1 aliphatic rings. The summed E-state index contributed by atoms with van der Waals surface area (Å²) < 4.78 is 10.0. The molecule has 1 aromatic heterocycles. The Kier molecular flexibility index (Phi) is 5.33. The Labute approximate surface area is 123 Å². The Balaban J connectivity index is 1.90. The molecule has 20 heavy (non-hydrogen) atoms. The summed E-state index contributed by atoms with van der Waals surface area (Å²) in [6.07, 6.45) is 0. The number of ether oxygens (including phenoxy) is 2. The Bertz CT molecular complexity index is 458. The number of thiazole rings is 1. The van der Waals surface area contributed by atoms with Gasteiger partial charge in [0.25, 0.3) is 0 Å². The van der Waals surface area contributed by atoms with Gasteiger partial charge in [-0.05, 0) is 13.8 Å². The van der Waals surface area contributed by atoms with Crippen LogP contribution in [-0.2, 0) is 9.47 Å². The number of morpholine rings is 1. The van der Waals surface area contributed by atoms with Gasteiger partial charge in [0.1, 0.15) is 0 Å². The summed E-state index contributed by atoms with van der Waals surface area (Å²) in [6.45, 7) is 8.47. The van der Waals surface area contributed by atoms with E-state index in [1.54, 1.807) is 0 Å². The van der Waals surface area contributed by atoms with Crippen molar-refractivity contribution in [2.24, 2.45) is 0 Å². The fourth-order valence-electron chi connectivity index (χ4n) is 2.17. The minimum Gasteiger partial charge on any atom is -0.464 e. The molecule has 6 nitrogen and oxygen atoms in total. The van der Waals surface area contributed by atoms with E-state index in [1.165, 1.54) is 18.4 Å². The van der Waals surface area contributed by atoms with Crippen LogP contribution in [0.3, 0.4) is 0 Å². The van der Waals surface area contributed by atoms with Gasteiger partial charge in [0.05, 0.1) is 20.3 Å². The van der Waals surface area contributed by atoms with E-state index in [2.05, 4.69) is 22.1 Å². The van der Waals surface area contributed by atoms with E-state index < -0.39 is 0 Å². The standard InChI is InChI=1S/C13H21N3O3S/c1-9(8-16-4-6-19-7-5-16)14-13-15-11(10(2)20-13)12(17)18-3/h9H,4-8H2,1-3H3,(H,14,15). The van der Waals surface area contributed by atoms with Crippen LogP contribution in [0.4, 0.5) is 5.13 Å². The highest BCUT2D eigenvalue weighted by molar-refractivity contribution is 7.15. The predicted octanol–water partition coefficient (Wildman–Crippen LogP) is 1.37. The van der Waals surface area contributed by atoms with Gasteiger partial charge in [-0.1, -0.05) is 0 Å². The van der Waals surface area contributed by atoms with E-state index in [-0.39, 0.29) is 12.0 Å². The fraction of sp³-hybridized carbons (Fsp3) is 0.692. The van der Waals surface area contributed by atoms with Crippen LogP contribution < -0.4 is 5.32 Å². The molecule has 0 aromatic carbocycles. The second-order valence-electron chi connectivity index (χ2n) is 4.87. The number of esters is 1. The lowest BCUT2D eigenvalue weighted by molar-refractivity contribution is 0.0368. The molecule has 0 bridgehead atoms. The monoisotopic (exact) mass is 299 g/mol. The average Bonchev–Trinajstić information content (AvgIpc) is 2.79. The highest BCUT2D eigenvalue weighted by Gasteiger charge is 2.18. The SMILES string of the molecule is COC(=O)c1nc(NC(C)CN2CCOCC2)sc1C. The first-order valence-electron chi connectivity index (χ1n) is 6.72. The lowest BCUT2D eigenvalue weighted by Crippen LogP contribution is -2.42. The van der Waals surface area contributed by atoms with E-state index in [0.29, 0.717) is 5.69 Å². The average molecular weight is 299 g/mol. The molecule has 0 spiro atoms.